The molecule has 3 aromatic rings. The summed E-state index contributed by atoms with van der Waals surface area (Å²) >= 11 is 12.2. The number of anilines is 1. The molecule has 0 unspecified atom stereocenters. The fourth-order valence-electron chi connectivity index (χ4n) is 2.42. The Bertz CT molecular complexity index is 816. The van der Waals surface area contributed by atoms with E-state index in [-0.39, 0.29) is 0 Å². The van der Waals surface area contributed by atoms with Crippen molar-refractivity contribution in [2.24, 2.45) is 0 Å². The number of hydrogen-bond donors (Lipinski definition) is 2. The second kappa shape index (κ2) is 4.14. The minimum Gasteiger partial charge on any atom is -0.383 e. The fraction of sp³-hybridized carbons (Fsp3) is 0.231. The zero-order chi connectivity index (χ0) is 13.9. The maximum absolute atomic E-state index is 6.26. The highest BCUT2D eigenvalue weighted by molar-refractivity contribution is 6.35. The Morgan fingerprint density at radius 1 is 1.30 bits per heavy atom. The Balaban J connectivity index is 2.00. The number of nitrogens with one attached hydrogen (secondary N) is 1. The first-order chi connectivity index (χ1) is 9.65. The third kappa shape index (κ3) is 1.70. The van der Waals surface area contributed by atoms with Gasteiger partial charge in [0.1, 0.15) is 5.82 Å². The van der Waals surface area contributed by atoms with Crippen molar-refractivity contribution in [1.29, 1.82) is 0 Å². The number of rotatable bonds is 2. The summed E-state index contributed by atoms with van der Waals surface area (Å²) in [5.41, 5.74) is 8.42. The van der Waals surface area contributed by atoms with Gasteiger partial charge >= 0.3 is 0 Å². The molecule has 4 rings (SSSR count). The van der Waals surface area contributed by atoms with E-state index in [9.17, 15) is 0 Å². The summed E-state index contributed by atoms with van der Waals surface area (Å²) in [6, 6.07) is 5.31. The molecule has 20 heavy (non-hydrogen) atoms. The largest absolute Gasteiger partial charge is 0.383 e. The minimum atomic E-state index is 0.477. The van der Waals surface area contributed by atoms with Gasteiger partial charge in [0.2, 0.25) is 0 Å². The summed E-state index contributed by atoms with van der Waals surface area (Å²) < 4.78 is 1.73. The molecule has 0 atom stereocenters. The van der Waals surface area contributed by atoms with Crippen LogP contribution in [0.3, 0.4) is 0 Å². The van der Waals surface area contributed by atoms with Crippen molar-refractivity contribution >= 4 is 40.1 Å². The van der Waals surface area contributed by atoms with Crippen molar-refractivity contribution in [2.75, 3.05) is 5.73 Å². The van der Waals surface area contributed by atoms with Crippen LogP contribution in [0.15, 0.2) is 18.2 Å². The summed E-state index contributed by atoms with van der Waals surface area (Å²) in [5.74, 6) is 1.03. The topological polar surface area (TPSA) is 72.5 Å². The van der Waals surface area contributed by atoms with E-state index in [1.807, 2.05) is 6.07 Å². The van der Waals surface area contributed by atoms with Gasteiger partial charge in [-0.1, -0.05) is 23.2 Å². The quantitative estimate of drug-likeness (QED) is 0.761. The van der Waals surface area contributed by atoms with E-state index in [4.69, 9.17) is 28.9 Å². The monoisotopic (exact) mass is 307 g/mol. The molecule has 2 aromatic heterocycles. The maximum Gasteiger partial charge on any atom is 0.186 e. The van der Waals surface area contributed by atoms with Gasteiger partial charge in [0.05, 0.1) is 21.8 Å². The average molecular weight is 308 g/mol. The summed E-state index contributed by atoms with van der Waals surface area (Å²) in [5, 5.41) is 13.7. The van der Waals surface area contributed by atoms with Crippen molar-refractivity contribution in [3.8, 4) is 5.69 Å². The fourth-order valence-corrected chi connectivity index (χ4v) is 2.91. The van der Waals surface area contributed by atoms with Crippen LogP contribution < -0.4 is 5.73 Å². The molecule has 0 amide bonds. The third-order valence-corrected chi connectivity index (χ3v) is 4.08. The van der Waals surface area contributed by atoms with E-state index in [0.717, 1.165) is 29.6 Å². The normalized spacial score (nSPS) is 15.1. The van der Waals surface area contributed by atoms with Crippen molar-refractivity contribution in [3.05, 3.63) is 33.9 Å². The van der Waals surface area contributed by atoms with E-state index >= 15 is 0 Å². The van der Waals surface area contributed by atoms with Gasteiger partial charge in [0.15, 0.2) is 5.65 Å². The number of benzene rings is 1. The molecule has 0 bridgehead atoms. The van der Waals surface area contributed by atoms with Crippen LogP contribution in [0.4, 0.5) is 5.82 Å². The van der Waals surface area contributed by atoms with Crippen molar-refractivity contribution in [2.45, 2.75) is 18.8 Å². The van der Waals surface area contributed by atoms with Gasteiger partial charge in [0.25, 0.3) is 0 Å². The predicted octanol–water partition coefficient (Wildman–Crippen LogP) is 3.52. The number of fused-ring (bicyclic) bond motifs is 1. The summed E-state index contributed by atoms with van der Waals surface area (Å²) in [7, 11) is 0. The number of nitrogens with two attached hydrogens (primary N) is 1. The second-order valence-corrected chi connectivity index (χ2v) is 5.85. The zero-order valence-electron chi connectivity index (χ0n) is 10.4. The molecule has 0 radical (unpaired) electrons. The van der Waals surface area contributed by atoms with Gasteiger partial charge in [-0.3, -0.25) is 5.10 Å². The molecule has 0 aliphatic heterocycles. The highest BCUT2D eigenvalue weighted by Gasteiger charge is 2.31. The lowest BCUT2D eigenvalue weighted by molar-refractivity contribution is 0.840. The lowest BCUT2D eigenvalue weighted by Gasteiger charge is -2.04. The highest BCUT2D eigenvalue weighted by Crippen LogP contribution is 2.44. The van der Waals surface area contributed by atoms with E-state index in [1.54, 1.807) is 16.8 Å². The van der Waals surface area contributed by atoms with E-state index < -0.39 is 0 Å². The molecule has 1 aromatic carbocycles. The summed E-state index contributed by atoms with van der Waals surface area (Å²) in [4.78, 5) is 0. The molecule has 1 aliphatic rings. The average Bonchev–Trinajstić information content (AvgIpc) is 3.08. The second-order valence-electron chi connectivity index (χ2n) is 5.00. The molecule has 3 N–H and O–H groups in total. The van der Waals surface area contributed by atoms with Crippen LogP contribution >= 0.6 is 23.2 Å². The Kier molecular flexibility index (Phi) is 2.49. The lowest BCUT2D eigenvalue weighted by atomic mass is 10.2. The SMILES string of the molecule is Nc1[nH]nc2c1c(C1CC1)nn2-c1ccc(Cl)cc1Cl. The summed E-state index contributed by atoms with van der Waals surface area (Å²) in [6.45, 7) is 0. The maximum atomic E-state index is 6.26. The molecule has 1 fully saturated rings. The zero-order valence-corrected chi connectivity index (χ0v) is 11.9. The molecule has 0 saturated heterocycles. The van der Waals surface area contributed by atoms with Crippen LogP contribution in [-0.4, -0.2) is 20.0 Å². The predicted molar refractivity (Wildman–Crippen MR) is 79.6 cm³/mol. The molecular formula is C13H11Cl2N5. The van der Waals surface area contributed by atoms with Crippen molar-refractivity contribution in [3.63, 3.8) is 0 Å². The first-order valence-electron chi connectivity index (χ1n) is 6.33. The Hall–Kier alpha value is -1.72. The van der Waals surface area contributed by atoms with Crippen LogP contribution in [0.2, 0.25) is 10.0 Å². The first kappa shape index (κ1) is 12.1. The molecule has 0 spiro atoms. The van der Waals surface area contributed by atoms with Gasteiger partial charge in [-0.05, 0) is 31.0 Å². The Morgan fingerprint density at radius 3 is 2.80 bits per heavy atom. The van der Waals surface area contributed by atoms with Gasteiger partial charge in [-0.15, -0.1) is 0 Å². The number of nitrogen functional groups attached to an aromatic ring is 1. The number of aromatic amines is 1. The first-order valence-corrected chi connectivity index (χ1v) is 7.08. The van der Waals surface area contributed by atoms with E-state index in [1.165, 1.54) is 0 Å². The molecular weight excluding hydrogens is 297 g/mol. The van der Waals surface area contributed by atoms with Crippen LogP contribution in [0.1, 0.15) is 24.5 Å². The Morgan fingerprint density at radius 2 is 2.10 bits per heavy atom. The van der Waals surface area contributed by atoms with E-state index in [2.05, 4.69) is 15.3 Å². The molecule has 1 saturated carbocycles. The standard InChI is InChI=1S/C13H11Cl2N5/c14-7-3-4-9(8(15)5-7)20-13-10(12(16)17-18-13)11(19-20)6-1-2-6/h3-6H,1-2H2,(H3,16,17,18). The number of hydrogen-bond acceptors (Lipinski definition) is 3. The molecule has 102 valence electrons. The van der Waals surface area contributed by atoms with Crippen LogP contribution in [-0.2, 0) is 0 Å². The van der Waals surface area contributed by atoms with Crippen molar-refractivity contribution < 1.29 is 0 Å². The van der Waals surface area contributed by atoms with Crippen molar-refractivity contribution in [1.82, 2.24) is 20.0 Å². The Labute approximate surface area is 124 Å². The number of aromatic nitrogens is 4. The summed E-state index contributed by atoms with van der Waals surface area (Å²) in [6.07, 6.45) is 2.29. The third-order valence-electron chi connectivity index (χ3n) is 3.54. The van der Waals surface area contributed by atoms with Crippen LogP contribution in [0.25, 0.3) is 16.7 Å². The molecule has 7 heteroatoms. The van der Waals surface area contributed by atoms with Gasteiger partial charge in [-0.2, -0.15) is 10.2 Å². The van der Waals surface area contributed by atoms with E-state index in [0.29, 0.717) is 27.4 Å². The number of H-pyrrole nitrogens is 1. The minimum absolute atomic E-state index is 0.477. The number of halogens is 2. The van der Waals surface area contributed by atoms with Gasteiger partial charge in [-0.25, -0.2) is 4.68 Å². The van der Waals surface area contributed by atoms with Gasteiger partial charge in [0, 0.05) is 10.9 Å². The van der Waals surface area contributed by atoms with Crippen LogP contribution in [0.5, 0.6) is 0 Å². The van der Waals surface area contributed by atoms with Gasteiger partial charge < -0.3 is 5.73 Å². The molecule has 5 nitrogen and oxygen atoms in total. The molecule has 2 heterocycles. The van der Waals surface area contributed by atoms with Crippen LogP contribution in [0, 0.1) is 0 Å². The smallest absolute Gasteiger partial charge is 0.186 e. The lowest BCUT2D eigenvalue weighted by Crippen LogP contribution is -1.99. The molecule has 1 aliphatic carbocycles. The highest BCUT2D eigenvalue weighted by atomic mass is 35.5. The number of nitrogens with zero attached hydrogens (tertiary/aromatic N) is 3.